The topological polar surface area (TPSA) is 42.2 Å². The smallest absolute Gasteiger partial charge is 0.416 e. The first-order valence-corrected chi connectivity index (χ1v) is 6.05. The Morgan fingerprint density at radius 1 is 1.24 bits per heavy atom. The number of hydrogen-bond donors (Lipinski definition) is 1. The molecule has 0 saturated heterocycles. The van der Waals surface area contributed by atoms with E-state index in [1.54, 1.807) is 12.1 Å². The van der Waals surface area contributed by atoms with Crippen molar-refractivity contribution in [2.45, 2.75) is 12.6 Å². The number of carbonyl (C=O) groups is 1. The second-order valence-corrected chi connectivity index (χ2v) is 4.28. The first-order chi connectivity index (χ1) is 9.88. The summed E-state index contributed by atoms with van der Waals surface area (Å²) in [7, 11) is 0. The lowest BCUT2D eigenvalue weighted by Gasteiger charge is -2.10. The van der Waals surface area contributed by atoms with E-state index in [0.29, 0.717) is 30.4 Å². The quantitative estimate of drug-likeness (QED) is 0.879. The van der Waals surface area contributed by atoms with Crippen LogP contribution in [0.25, 0.3) is 0 Å². The molecule has 0 radical (unpaired) electrons. The van der Waals surface area contributed by atoms with Crippen LogP contribution in [0.3, 0.4) is 0 Å². The van der Waals surface area contributed by atoms with Gasteiger partial charge in [-0.15, -0.1) is 0 Å². The highest BCUT2D eigenvalue weighted by Crippen LogP contribution is 2.30. The fraction of sp³-hybridized carbons (Fsp3) is 0.214. The molecule has 1 amide bonds. The summed E-state index contributed by atoms with van der Waals surface area (Å²) in [4.78, 5) is 11.7. The van der Waals surface area contributed by atoms with Gasteiger partial charge in [0.2, 0.25) is 0 Å². The van der Waals surface area contributed by atoms with Gasteiger partial charge in [-0.1, -0.05) is 0 Å². The van der Waals surface area contributed by atoms with E-state index in [0.717, 1.165) is 0 Å². The summed E-state index contributed by atoms with van der Waals surface area (Å²) < 4.78 is 56.1. The van der Waals surface area contributed by atoms with Crippen LogP contribution in [0.2, 0.25) is 0 Å². The van der Waals surface area contributed by atoms with Crippen molar-refractivity contribution < 1.29 is 26.8 Å². The van der Waals surface area contributed by atoms with Crippen molar-refractivity contribution >= 4 is 5.91 Å². The lowest BCUT2D eigenvalue weighted by Crippen LogP contribution is -2.27. The van der Waals surface area contributed by atoms with Crippen molar-refractivity contribution in [2.24, 2.45) is 0 Å². The zero-order chi connectivity index (χ0) is 15.5. The summed E-state index contributed by atoms with van der Waals surface area (Å²) in [6, 6.07) is 5.08. The maximum Gasteiger partial charge on any atom is 0.416 e. The van der Waals surface area contributed by atoms with Gasteiger partial charge < -0.3 is 9.73 Å². The largest absolute Gasteiger partial charge is 0.469 e. The molecule has 7 heteroatoms. The van der Waals surface area contributed by atoms with Crippen molar-refractivity contribution in [1.29, 1.82) is 0 Å². The van der Waals surface area contributed by atoms with Gasteiger partial charge >= 0.3 is 6.18 Å². The normalized spacial score (nSPS) is 11.4. The van der Waals surface area contributed by atoms with Crippen LogP contribution < -0.4 is 5.32 Å². The highest BCUT2D eigenvalue weighted by atomic mass is 19.4. The molecule has 0 aliphatic rings. The number of benzene rings is 1. The van der Waals surface area contributed by atoms with E-state index in [9.17, 15) is 22.4 Å². The van der Waals surface area contributed by atoms with Gasteiger partial charge in [-0.2, -0.15) is 13.2 Å². The molecule has 0 unspecified atom stereocenters. The molecule has 0 bridgehead atoms. The van der Waals surface area contributed by atoms with Crippen LogP contribution in [0.4, 0.5) is 17.6 Å². The molecule has 112 valence electrons. The lowest BCUT2D eigenvalue weighted by molar-refractivity contribution is -0.137. The zero-order valence-corrected chi connectivity index (χ0v) is 10.7. The van der Waals surface area contributed by atoms with E-state index >= 15 is 0 Å². The molecule has 0 fully saturated rings. The number of rotatable bonds is 4. The second-order valence-electron chi connectivity index (χ2n) is 4.28. The molecule has 1 aromatic carbocycles. The number of amides is 1. The summed E-state index contributed by atoms with van der Waals surface area (Å²) in [6.45, 7) is 0.127. The number of alkyl halides is 3. The van der Waals surface area contributed by atoms with Crippen molar-refractivity contribution in [3.63, 3.8) is 0 Å². The van der Waals surface area contributed by atoms with Gasteiger partial charge in [-0.3, -0.25) is 4.79 Å². The molecule has 0 atom stereocenters. The van der Waals surface area contributed by atoms with Crippen LogP contribution in [-0.4, -0.2) is 12.5 Å². The number of nitrogens with one attached hydrogen (secondary N) is 1. The van der Waals surface area contributed by atoms with Crippen LogP contribution in [0, 0.1) is 5.82 Å². The van der Waals surface area contributed by atoms with Gasteiger partial charge in [0.1, 0.15) is 11.6 Å². The molecule has 2 rings (SSSR count). The van der Waals surface area contributed by atoms with Crippen molar-refractivity contribution in [1.82, 2.24) is 5.32 Å². The molecule has 3 nitrogen and oxygen atoms in total. The molecule has 1 aromatic heterocycles. The molecule has 2 aromatic rings. The Kier molecular flexibility index (Phi) is 4.30. The van der Waals surface area contributed by atoms with Gasteiger partial charge in [0, 0.05) is 13.0 Å². The lowest BCUT2D eigenvalue weighted by atomic mass is 10.1. The van der Waals surface area contributed by atoms with Crippen LogP contribution in [-0.2, 0) is 12.6 Å². The Hall–Kier alpha value is -2.31. The van der Waals surface area contributed by atoms with Crippen LogP contribution in [0.1, 0.15) is 21.7 Å². The maximum atomic E-state index is 13.5. The molecule has 21 heavy (non-hydrogen) atoms. The van der Waals surface area contributed by atoms with Crippen LogP contribution in [0.5, 0.6) is 0 Å². The third kappa shape index (κ3) is 3.84. The predicted molar refractivity (Wildman–Crippen MR) is 66.1 cm³/mol. The average molecular weight is 301 g/mol. The van der Waals surface area contributed by atoms with E-state index in [1.807, 2.05) is 0 Å². The minimum Gasteiger partial charge on any atom is -0.469 e. The van der Waals surface area contributed by atoms with Gasteiger partial charge in [0.05, 0.1) is 17.4 Å². The van der Waals surface area contributed by atoms with Gasteiger partial charge in [0.25, 0.3) is 5.91 Å². The molecular formula is C14H11F4NO2. The fourth-order valence-corrected chi connectivity index (χ4v) is 1.72. The summed E-state index contributed by atoms with van der Waals surface area (Å²) in [5.41, 5.74) is -1.70. The number of halogens is 4. The molecule has 0 saturated carbocycles. The van der Waals surface area contributed by atoms with E-state index in [2.05, 4.69) is 5.32 Å². The van der Waals surface area contributed by atoms with Crippen molar-refractivity contribution in [2.75, 3.05) is 6.54 Å². The number of furan rings is 1. The molecule has 1 N–H and O–H groups in total. The molecule has 1 heterocycles. The number of hydrogen-bond acceptors (Lipinski definition) is 2. The summed E-state index contributed by atoms with van der Waals surface area (Å²) in [6.07, 6.45) is -2.81. The minimum absolute atomic E-state index is 0.127. The molecule has 0 aliphatic carbocycles. The Morgan fingerprint density at radius 2 is 2.00 bits per heavy atom. The first kappa shape index (κ1) is 15.1. The van der Waals surface area contributed by atoms with Crippen LogP contribution in [0.15, 0.2) is 41.0 Å². The SMILES string of the molecule is O=C(NCCc1ccco1)c1cc(C(F)(F)F)ccc1F. The standard InChI is InChI=1S/C14H11F4NO2/c15-12-4-3-9(14(16,17)18)8-11(12)13(20)19-6-5-10-2-1-7-21-10/h1-4,7-8H,5-6H2,(H,19,20). The van der Waals surface area contributed by atoms with Gasteiger partial charge in [-0.25, -0.2) is 4.39 Å². The predicted octanol–water partition coefficient (Wildman–Crippen LogP) is 3.41. The Balaban J connectivity index is 2.04. The van der Waals surface area contributed by atoms with Crippen molar-refractivity contribution in [3.05, 3.63) is 59.3 Å². The van der Waals surface area contributed by atoms with Gasteiger partial charge in [-0.05, 0) is 30.3 Å². The molecule has 0 aliphatic heterocycles. The van der Waals surface area contributed by atoms with E-state index in [4.69, 9.17) is 4.42 Å². The molecular weight excluding hydrogens is 290 g/mol. The van der Waals surface area contributed by atoms with E-state index in [1.165, 1.54) is 6.26 Å². The summed E-state index contributed by atoms with van der Waals surface area (Å²) in [5.74, 6) is -1.29. The van der Waals surface area contributed by atoms with E-state index < -0.39 is 29.0 Å². The van der Waals surface area contributed by atoms with E-state index in [-0.39, 0.29) is 6.54 Å². The Labute approximate surface area is 117 Å². The fourth-order valence-electron chi connectivity index (χ4n) is 1.72. The first-order valence-electron chi connectivity index (χ1n) is 6.05. The second kappa shape index (κ2) is 5.99. The summed E-state index contributed by atoms with van der Waals surface area (Å²) >= 11 is 0. The Bertz CT molecular complexity index is 620. The monoisotopic (exact) mass is 301 g/mol. The van der Waals surface area contributed by atoms with Crippen molar-refractivity contribution in [3.8, 4) is 0 Å². The van der Waals surface area contributed by atoms with Crippen LogP contribution >= 0.6 is 0 Å². The number of carbonyl (C=O) groups excluding carboxylic acids is 1. The third-order valence-corrected chi connectivity index (χ3v) is 2.78. The zero-order valence-electron chi connectivity index (χ0n) is 10.7. The minimum atomic E-state index is -4.63. The highest BCUT2D eigenvalue weighted by molar-refractivity contribution is 5.94. The van der Waals surface area contributed by atoms with Gasteiger partial charge in [0.15, 0.2) is 0 Å². The molecule has 0 spiro atoms. The summed E-state index contributed by atoms with van der Waals surface area (Å²) in [5, 5.41) is 2.35. The average Bonchev–Trinajstić information content (AvgIpc) is 2.91. The Morgan fingerprint density at radius 3 is 2.62 bits per heavy atom. The third-order valence-electron chi connectivity index (χ3n) is 2.78. The maximum absolute atomic E-state index is 13.5. The highest BCUT2D eigenvalue weighted by Gasteiger charge is 2.31.